The Morgan fingerprint density at radius 3 is 2.72 bits per heavy atom. The molecule has 130 valence electrons. The quantitative estimate of drug-likeness (QED) is 0.834. The van der Waals surface area contributed by atoms with Gasteiger partial charge in [-0.15, -0.1) is 0 Å². The molecule has 25 heavy (non-hydrogen) atoms. The van der Waals surface area contributed by atoms with Gasteiger partial charge in [0, 0.05) is 11.3 Å². The minimum atomic E-state index is -0.600. The Bertz CT molecular complexity index is 790. The Balaban J connectivity index is 1.72. The second-order valence-corrected chi connectivity index (χ2v) is 5.83. The lowest BCUT2D eigenvalue weighted by Gasteiger charge is -2.22. The van der Waals surface area contributed by atoms with Crippen molar-refractivity contribution in [2.45, 2.75) is 12.5 Å². The van der Waals surface area contributed by atoms with Crippen molar-refractivity contribution in [2.75, 3.05) is 25.2 Å². The van der Waals surface area contributed by atoms with Crippen LogP contribution in [0, 0.1) is 0 Å². The third-order valence-corrected chi connectivity index (χ3v) is 4.26. The van der Waals surface area contributed by atoms with Gasteiger partial charge in [0.2, 0.25) is 11.8 Å². The third-order valence-electron chi connectivity index (χ3n) is 4.26. The molecule has 0 spiro atoms. The number of benzene rings is 2. The van der Waals surface area contributed by atoms with E-state index in [0.29, 0.717) is 17.7 Å². The molecule has 1 atom stereocenters. The minimum Gasteiger partial charge on any atom is -0.496 e. The van der Waals surface area contributed by atoms with Crippen LogP contribution in [-0.2, 0) is 16.0 Å². The molecule has 1 aliphatic rings. The summed E-state index contributed by atoms with van der Waals surface area (Å²) < 4.78 is 5.28. The zero-order valence-corrected chi connectivity index (χ0v) is 13.9. The Kier molecular flexibility index (Phi) is 5.00. The van der Waals surface area contributed by atoms with Crippen LogP contribution in [0.2, 0.25) is 0 Å². The number of aliphatic hydroxyl groups excluding tert-OH is 1. The number of rotatable bonds is 6. The number of aliphatic hydroxyl groups is 1. The molecule has 1 heterocycles. The third kappa shape index (κ3) is 3.49. The summed E-state index contributed by atoms with van der Waals surface area (Å²) in [6.07, 6.45) is 0.305. The smallest absolute Gasteiger partial charge is 0.240 e. The van der Waals surface area contributed by atoms with Gasteiger partial charge >= 0.3 is 0 Å². The standard InChI is InChI=1S/C19H20N2O4/c1-25-17-9-5-3-7-14(17)15(12-22)20-18(23)11-21-16-8-4-2-6-13(16)10-19(21)24/h2-9,15,22H,10-12H2,1H3,(H,20,23)/t15-/m0/s1. The van der Waals surface area contributed by atoms with Crippen molar-refractivity contribution in [3.05, 3.63) is 59.7 Å². The van der Waals surface area contributed by atoms with Gasteiger partial charge in [0.25, 0.3) is 0 Å². The lowest BCUT2D eigenvalue weighted by atomic mass is 10.1. The zero-order chi connectivity index (χ0) is 17.8. The van der Waals surface area contributed by atoms with Crippen LogP contribution in [0.25, 0.3) is 0 Å². The molecular formula is C19H20N2O4. The summed E-state index contributed by atoms with van der Waals surface area (Å²) in [6, 6.07) is 14.0. The average Bonchev–Trinajstić information content (AvgIpc) is 2.95. The number of nitrogens with zero attached hydrogens (tertiary/aromatic N) is 1. The second kappa shape index (κ2) is 7.36. The van der Waals surface area contributed by atoms with Crippen molar-refractivity contribution in [1.29, 1.82) is 0 Å². The van der Waals surface area contributed by atoms with Crippen LogP contribution in [0.15, 0.2) is 48.5 Å². The molecule has 2 aromatic rings. The molecule has 6 nitrogen and oxygen atoms in total. The van der Waals surface area contributed by atoms with E-state index in [4.69, 9.17) is 4.74 Å². The van der Waals surface area contributed by atoms with E-state index in [1.165, 1.54) is 12.0 Å². The van der Waals surface area contributed by atoms with Crippen LogP contribution in [0.1, 0.15) is 17.2 Å². The van der Waals surface area contributed by atoms with Gasteiger partial charge in [0.05, 0.1) is 26.2 Å². The van der Waals surface area contributed by atoms with Crippen molar-refractivity contribution in [1.82, 2.24) is 5.32 Å². The number of ether oxygens (including phenoxy) is 1. The van der Waals surface area contributed by atoms with Crippen molar-refractivity contribution in [3.8, 4) is 5.75 Å². The van der Waals surface area contributed by atoms with Gasteiger partial charge in [0.1, 0.15) is 12.3 Å². The van der Waals surface area contributed by atoms with E-state index in [2.05, 4.69) is 5.32 Å². The van der Waals surface area contributed by atoms with E-state index < -0.39 is 6.04 Å². The van der Waals surface area contributed by atoms with Gasteiger partial charge in [-0.25, -0.2) is 0 Å². The summed E-state index contributed by atoms with van der Waals surface area (Å²) in [5.74, 6) is 0.147. The number of para-hydroxylation sites is 2. The highest BCUT2D eigenvalue weighted by Gasteiger charge is 2.29. The molecule has 0 bridgehead atoms. The summed E-state index contributed by atoms with van der Waals surface area (Å²) in [5.41, 5.74) is 2.37. The first kappa shape index (κ1) is 17.0. The minimum absolute atomic E-state index is 0.0818. The number of anilines is 1. The summed E-state index contributed by atoms with van der Waals surface area (Å²) in [5, 5.41) is 12.4. The zero-order valence-electron chi connectivity index (χ0n) is 13.9. The molecule has 0 saturated heterocycles. The van der Waals surface area contributed by atoms with Gasteiger partial charge in [-0.2, -0.15) is 0 Å². The first-order chi connectivity index (χ1) is 12.1. The fraction of sp³-hybridized carbons (Fsp3) is 0.263. The highest BCUT2D eigenvalue weighted by Crippen LogP contribution is 2.28. The average molecular weight is 340 g/mol. The van der Waals surface area contributed by atoms with Crippen LogP contribution in [0.4, 0.5) is 5.69 Å². The fourth-order valence-corrected chi connectivity index (χ4v) is 3.05. The molecule has 1 aliphatic heterocycles. The maximum atomic E-state index is 12.4. The van der Waals surface area contributed by atoms with Gasteiger partial charge in [-0.3, -0.25) is 9.59 Å². The van der Waals surface area contributed by atoms with Crippen LogP contribution in [0.5, 0.6) is 5.75 Å². The molecule has 0 saturated carbocycles. The summed E-state index contributed by atoms with van der Waals surface area (Å²) in [6.45, 7) is -0.349. The topological polar surface area (TPSA) is 78.9 Å². The van der Waals surface area contributed by atoms with E-state index in [1.807, 2.05) is 36.4 Å². The Morgan fingerprint density at radius 1 is 1.24 bits per heavy atom. The predicted molar refractivity (Wildman–Crippen MR) is 93.5 cm³/mol. The molecular weight excluding hydrogens is 320 g/mol. The van der Waals surface area contributed by atoms with E-state index in [1.54, 1.807) is 12.1 Å². The predicted octanol–water partition coefficient (Wildman–Crippen LogP) is 1.43. The molecule has 0 fully saturated rings. The van der Waals surface area contributed by atoms with Gasteiger partial charge < -0.3 is 20.1 Å². The Labute approximate surface area is 146 Å². The van der Waals surface area contributed by atoms with Crippen molar-refractivity contribution in [2.24, 2.45) is 0 Å². The highest BCUT2D eigenvalue weighted by molar-refractivity contribution is 6.05. The normalized spacial score (nSPS) is 14.2. The Hall–Kier alpha value is -2.86. The van der Waals surface area contributed by atoms with Crippen LogP contribution >= 0.6 is 0 Å². The number of fused-ring (bicyclic) bond motifs is 1. The molecule has 0 aliphatic carbocycles. The number of methoxy groups -OCH3 is 1. The lowest BCUT2D eigenvalue weighted by molar-refractivity contribution is -0.124. The monoisotopic (exact) mass is 340 g/mol. The number of carbonyl (C=O) groups excluding carboxylic acids is 2. The molecule has 0 radical (unpaired) electrons. The van der Waals surface area contributed by atoms with Crippen LogP contribution in [0.3, 0.4) is 0 Å². The van der Waals surface area contributed by atoms with Crippen molar-refractivity contribution in [3.63, 3.8) is 0 Å². The van der Waals surface area contributed by atoms with Gasteiger partial charge in [-0.05, 0) is 17.7 Å². The van der Waals surface area contributed by atoms with E-state index in [9.17, 15) is 14.7 Å². The van der Waals surface area contributed by atoms with E-state index in [0.717, 1.165) is 11.3 Å². The SMILES string of the molecule is COc1ccccc1[C@H](CO)NC(=O)CN1C(=O)Cc2ccccc21. The van der Waals surface area contributed by atoms with E-state index in [-0.39, 0.29) is 25.0 Å². The maximum Gasteiger partial charge on any atom is 0.240 e. The molecule has 6 heteroatoms. The molecule has 0 unspecified atom stereocenters. The number of amides is 2. The Morgan fingerprint density at radius 2 is 1.96 bits per heavy atom. The number of hydrogen-bond acceptors (Lipinski definition) is 4. The number of carbonyl (C=O) groups is 2. The second-order valence-electron chi connectivity index (χ2n) is 5.83. The number of hydrogen-bond donors (Lipinski definition) is 2. The maximum absolute atomic E-state index is 12.4. The fourth-order valence-electron chi connectivity index (χ4n) is 3.05. The summed E-state index contributed by atoms with van der Waals surface area (Å²) in [4.78, 5) is 26.1. The van der Waals surface area contributed by atoms with Crippen molar-refractivity contribution >= 4 is 17.5 Å². The first-order valence-corrected chi connectivity index (χ1v) is 8.05. The largest absolute Gasteiger partial charge is 0.496 e. The molecule has 2 N–H and O–H groups in total. The van der Waals surface area contributed by atoms with Crippen LogP contribution in [-0.4, -0.2) is 37.2 Å². The molecule has 2 amide bonds. The number of nitrogens with one attached hydrogen (secondary N) is 1. The van der Waals surface area contributed by atoms with E-state index >= 15 is 0 Å². The lowest BCUT2D eigenvalue weighted by Crippen LogP contribution is -2.41. The highest BCUT2D eigenvalue weighted by atomic mass is 16.5. The first-order valence-electron chi connectivity index (χ1n) is 8.05. The molecule has 2 aromatic carbocycles. The summed E-state index contributed by atoms with van der Waals surface area (Å²) >= 11 is 0. The van der Waals surface area contributed by atoms with Gasteiger partial charge in [-0.1, -0.05) is 36.4 Å². The van der Waals surface area contributed by atoms with Crippen molar-refractivity contribution < 1.29 is 19.4 Å². The molecule has 3 rings (SSSR count). The molecule has 0 aromatic heterocycles. The summed E-state index contributed by atoms with van der Waals surface area (Å²) in [7, 11) is 1.54. The van der Waals surface area contributed by atoms with Crippen LogP contribution < -0.4 is 15.0 Å². The van der Waals surface area contributed by atoms with Gasteiger partial charge in [0.15, 0.2) is 0 Å².